The molecule has 0 amide bonds. The molecule has 0 spiro atoms. The summed E-state index contributed by atoms with van der Waals surface area (Å²) in [6.45, 7) is 6.34. The van der Waals surface area contributed by atoms with Crippen molar-refractivity contribution in [2.45, 2.75) is 25.9 Å². The first-order chi connectivity index (χ1) is 7.11. The zero-order valence-electron chi connectivity index (χ0n) is 8.76. The summed E-state index contributed by atoms with van der Waals surface area (Å²) in [5, 5.41) is 3.69. The zero-order chi connectivity index (χ0) is 11.3. The van der Waals surface area contributed by atoms with Crippen molar-refractivity contribution in [1.29, 1.82) is 0 Å². The van der Waals surface area contributed by atoms with Crippen molar-refractivity contribution in [1.82, 2.24) is 5.32 Å². The van der Waals surface area contributed by atoms with Gasteiger partial charge >= 0.3 is 0 Å². The Balaban J connectivity index is 2.53. The molecule has 15 heavy (non-hydrogen) atoms. The molecule has 1 unspecified atom stereocenters. The van der Waals surface area contributed by atoms with Crippen LogP contribution in [0.1, 0.15) is 18.9 Å². The van der Waals surface area contributed by atoms with Gasteiger partial charge in [-0.15, -0.1) is 6.58 Å². The van der Waals surface area contributed by atoms with Crippen molar-refractivity contribution in [3.8, 4) is 0 Å². The third kappa shape index (κ3) is 4.45. The van der Waals surface area contributed by atoms with Crippen molar-refractivity contribution in [2.75, 3.05) is 0 Å². The smallest absolute Gasteiger partial charge is 0.125 e. The number of hydrogen-bond donors (Lipinski definition) is 1. The van der Waals surface area contributed by atoms with E-state index in [-0.39, 0.29) is 5.82 Å². The lowest BCUT2D eigenvalue weighted by Gasteiger charge is -2.11. The summed E-state index contributed by atoms with van der Waals surface area (Å²) >= 11 is 5.74. The highest BCUT2D eigenvalue weighted by molar-refractivity contribution is 6.30. The molecule has 0 saturated carbocycles. The van der Waals surface area contributed by atoms with Crippen molar-refractivity contribution < 1.29 is 4.39 Å². The van der Waals surface area contributed by atoms with Gasteiger partial charge in [-0.2, -0.15) is 0 Å². The van der Waals surface area contributed by atoms with Crippen molar-refractivity contribution in [2.24, 2.45) is 0 Å². The quantitative estimate of drug-likeness (QED) is 0.759. The molecule has 1 rings (SSSR count). The summed E-state index contributed by atoms with van der Waals surface area (Å²) in [7, 11) is 0. The molecule has 1 nitrogen and oxygen atoms in total. The second kappa shape index (κ2) is 5.89. The van der Waals surface area contributed by atoms with Crippen LogP contribution in [0.2, 0.25) is 5.02 Å². The Morgan fingerprint density at radius 1 is 1.53 bits per heavy atom. The number of benzene rings is 1. The number of hydrogen-bond acceptors (Lipinski definition) is 1. The average molecular weight is 228 g/mol. The molecule has 0 fully saturated rings. The van der Waals surface area contributed by atoms with Gasteiger partial charge in [0, 0.05) is 17.6 Å². The van der Waals surface area contributed by atoms with Gasteiger partial charge in [0.15, 0.2) is 0 Å². The molecule has 82 valence electrons. The summed E-state index contributed by atoms with van der Waals surface area (Å²) in [4.78, 5) is 0. The Morgan fingerprint density at radius 2 is 2.27 bits per heavy atom. The van der Waals surface area contributed by atoms with Crippen molar-refractivity contribution in [3.05, 3.63) is 47.3 Å². The molecule has 0 saturated heterocycles. The van der Waals surface area contributed by atoms with E-state index in [0.29, 0.717) is 17.6 Å². The van der Waals surface area contributed by atoms with Gasteiger partial charge in [-0.3, -0.25) is 0 Å². The zero-order valence-corrected chi connectivity index (χ0v) is 9.52. The van der Waals surface area contributed by atoms with E-state index >= 15 is 0 Å². The van der Waals surface area contributed by atoms with Gasteiger partial charge < -0.3 is 5.32 Å². The third-order valence-corrected chi connectivity index (χ3v) is 2.32. The Morgan fingerprint density at radius 3 is 2.87 bits per heavy atom. The SMILES string of the molecule is C=CCC(C)NCc1cc(F)cc(Cl)c1. The number of nitrogens with one attached hydrogen (secondary N) is 1. The molecule has 1 aromatic carbocycles. The highest BCUT2D eigenvalue weighted by Crippen LogP contribution is 2.14. The highest BCUT2D eigenvalue weighted by atomic mass is 35.5. The summed E-state index contributed by atoms with van der Waals surface area (Å²) in [5.74, 6) is -0.296. The van der Waals surface area contributed by atoms with Crippen LogP contribution in [0.3, 0.4) is 0 Å². The maximum Gasteiger partial charge on any atom is 0.125 e. The molecule has 0 aliphatic carbocycles. The predicted octanol–water partition coefficient (Wildman–Crippen LogP) is 3.53. The molecule has 3 heteroatoms. The Labute approximate surface area is 95.0 Å². The minimum Gasteiger partial charge on any atom is -0.310 e. The molecule has 1 N–H and O–H groups in total. The lowest BCUT2D eigenvalue weighted by atomic mass is 10.2. The first-order valence-corrected chi connectivity index (χ1v) is 5.29. The molecular weight excluding hydrogens is 213 g/mol. The largest absolute Gasteiger partial charge is 0.310 e. The number of halogens is 2. The number of rotatable bonds is 5. The second-order valence-electron chi connectivity index (χ2n) is 3.58. The predicted molar refractivity (Wildman–Crippen MR) is 62.5 cm³/mol. The highest BCUT2D eigenvalue weighted by Gasteiger charge is 2.01. The molecular formula is C12H15ClFN. The van der Waals surface area contributed by atoms with Crippen LogP contribution in [0.4, 0.5) is 4.39 Å². The molecule has 0 aromatic heterocycles. The third-order valence-electron chi connectivity index (χ3n) is 2.10. The van der Waals surface area contributed by atoms with E-state index in [1.54, 1.807) is 6.07 Å². The van der Waals surface area contributed by atoms with Crippen LogP contribution in [0, 0.1) is 5.82 Å². The Bertz CT molecular complexity index is 318. The minimum atomic E-state index is -0.296. The van der Waals surface area contributed by atoms with Gasteiger partial charge in [0.05, 0.1) is 0 Å². The van der Waals surface area contributed by atoms with Gasteiger partial charge in [-0.1, -0.05) is 17.7 Å². The standard InChI is InChI=1S/C12H15ClFN/c1-3-4-9(2)15-8-10-5-11(13)7-12(14)6-10/h3,5-7,9,15H,1,4,8H2,2H3. The van der Waals surface area contributed by atoms with Gasteiger partial charge in [0.1, 0.15) is 5.82 Å². The van der Waals surface area contributed by atoms with Crippen LogP contribution in [0.25, 0.3) is 0 Å². The lowest BCUT2D eigenvalue weighted by molar-refractivity contribution is 0.550. The summed E-state index contributed by atoms with van der Waals surface area (Å²) in [6, 6.07) is 4.89. The van der Waals surface area contributed by atoms with E-state index in [1.807, 2.05) is 6.08 Å². The van der Waals surface area contributed by atoms with E-state index in [1.165, 1.54) is 12.1 Å². The van der Waals surface area contributed by atoms with Gasteiger partial charge in [0.2, 0.25) is 0 Å². The topological polar surface area (TPSA) is 12.0 Å². The van der Waals surface area contributed by atoms with E-state index in [4.69, 9.17) is 11.6 Å². The second-order valence-corrected chi connectivity index (χ2v) is 4.02. The van der Waals surface area contributed by atoms with E-state index < -0.39 is 0 Å². The van der Waals surface area contributed by atoms with Crippen LogP contribution in [0.15, 0.2) is 30.9 Å². The van der Waals surface area contributed by atoms with E-state index in [0.717, 1.165) is 12.0 Å². The van der Waals surface area contributed by atoms with Gasteiger partial charge in [-0.05, 0) is 37.1 Å². The molecule has 0 aliphatic heterocycles. The van der Waals surface area contributed by atoms with Crippen LogP contribution < -0.4 is 5.32 Å². The lowest BCUT2D eigenvalue weighted by Crippen LogP contribution is -2.24. The van der Waals surface area contributed by atoms with Crippen LogP contribution in [-0.4, -0.2) is 6.04 Å². The van der Waals surface area contributed by atoms with Crippen LogP contribution in [0.5, 0.6) is 0 Å². The summed E-state index contributed by atoms with van der Waals surface area (Å²) in [6.07, 6.45) is 2.75. The van der Waals surface area contributed by atoms with Gasteiger partial charge in [0.25, 0.3) is 0 Å². The Hall–Kier alpha value is -0.860. The van der Waals surface area contributed by atoms with E-state index in [2.05, 4.69) is 18.8 Å². The maximum atomic E-state index is 13.0. The molecule has 1 aromatic rings. The summed E-state index contributed by atoms with van der Waals surface area (Å²) in [5.41, 5.74) is 0.857. The van der Waals surface area contributed by atoms with E-state index in [9.17, 15) is 4.39 Å². The molecule has 1 atom stereocenters. The maximum absolute atomic E-state index is 13.0. The first-order valence-electron chi connectivity index (χ1n) is 4.91. The monoisotopic (exact) mass is 227 g/mol. The molecule has 0 bridgehead atoms. The minimum absolute atomic E-state index is 0.296. The average Bonchev–Trinajstić information content (AvgIpc) is 2.14. The van der Waals surface area contributed by atoms with Crippen LogP contribution >= 0.6 is 11.6 Å². The fourth-order valence-corrected chi connectivity index (χ4v) is 1.58. The fourth-order valence-electron chi connectivity index (χ4n) is 1.34. The first kappa shape index (κ1) is 12.2. The normalized spacial score (nSPS) is 12.5. The molecule has 0 heterocycles. The van der Waals surface area contributed by atoms with Crippen molar-refractivity contribution >= 4 is 11.6 Å². The van der Waals surface area contributed by atoms with Gasteiger partial charge in [-0.25, -0.2) is 4.39 Å². The molecule has 0 aliphatic rings. The Kier molecular flexibility index (Phi) is 4.79. The van der Waals surface area contributed by atoms with Crippen molar-refractivity contribution in [3.63, 3.8) is 0 Å². The molecule has 0 radical (unpaired) electrons. The summed E-state index contributed by atoms with van der Waals surface area (Å²) < 4.78 is 13.0. The van der Waals surface area contributed by atoms with Crippen LogP contribution in [-0.2, 0) is 6.54 Å². The fraction of sp³-hybridized carbons (Fsp3) is 0.333.